The number of fused-ring (bicyclic) bond motifs is 6. The van der Waals surface area contributed by atoms with Gasteiger partial charge in [0, 0.05) is 82.0 Å². The number of benzene rings is 3. The molecule has 265 valence electrons. The largest absolute Gasteiger partial charge is 0.512 e. The first-order valence-electron chi connectivity index (χ1n) is 18.0. The molecule has 0 aliphatic heterocycles. The number of hydrogen-bond acceptors (Lipinski definition) is 5. The van der Waals surface area contributed by atoms with E-state index < -0.39 is 0 Å². The van der Waals surface area contributed by atoms with Gasteiger partial charge in [0.15, 0.2) is 5.78 Å². The minimum atomic E-state index is -0.337. The molecule has 0 saturated carbocycles. The van der Waals surface area contributed by atoms with Gasteiger partial charge in [-0.1, -0.05) is 107 Å². The van der Waals surface area contributed by atoms with Crippen molar-refractivity contribution in [3.05, 3.63) is 120 Å². The normalized spacial score (nSPS) is 12.8. The summed E-state index contributed by atoms with van der Waals surface area (Å²) in [6.45, 7) is 12.1. The molecule has 0 atom stereocenters. The van der Waals surface area contributed by atoms with Gasteiger partial charge in [-0.15, -0.1) is 34.9 Å². The average Bonchev–Trinajstić information content (AvgIpc) is 3.57. The van der Waals surface area contributed by atoms with Crippen molar-refractivity contribution in [1.82, 2.24) is 9.97 Å². The molecule has 3 aromatic heterocycles. The molecule has 1 radical (unpaired) electrons. The van der Waals surface area contributed by atoms with Crippen LogP contribution in [0.2, 0.25) is 0 Å². The Bertz CT molecular complexity index is 2180. The molecule has 6 aromatic rings. The first-order valence-corrected chi connectivity index (χ1v) is 18.8. The predicted molar refractivity (Wildman–Crippen MR) is 211 cm³/mol. The Morgan fingerprint density at radius 2 is 1.53 bits per heavy atom. The van der Waals surface area contributed by atoms with Gasteiger partial charge in [0.05, 0.1) is 0 Å². The number of hydrogen-bond donors (Lipinski definition) is 1. The van der Waals surface area contributed by atoms with Gasteiger partial charge in [-0.25, -0.2) is 0 Å². The molecular formula is C45H47IrN2O2S-. The van der Waals surface area contributed by atoms with E-state index in [2.05, 4.69) is 83.8 Å². The number of nitrogens with zero attached hydrogens (tertiary/aromatic N) is 2. The number of pyridine rings is 2. The molecule has 3 aromatic carbocycles. The standard InChI is InChI=1S/C30H19N2S.C15H28O2.Ir/c1-2-6-19(7-3-1)25-17-22(16-21-8-4-5-9-23(21)25)29-30-24(13-15-32-29)28-26-18-31-14-12-20(26)10-11-27(28)33-30;1-7-14(5,8-2)12(16)11-13(17)15(6,9-3)10-4;/h1-9,12-15,17-18H,10-11H2;11,16H,7-10H2,1-6H3;/q-1;;/b;12-11-;. The Hall–Kier alpha value is -3.96. The van der Waals surface area contributed by atoms with Gasteiger partial charge in [-0.2, -0.15) is 0 Å². The third-order valence-corrected chi connectivity index (χ3v) is 12.5. The summed E-state index contributed by atoms with van der Waals surface area (Å²) in [6.07, 6.45) is 12.8. The maximum Gasteiger partial charge on any atom is 0.164 e. The summed E-state index contributed by atoms with van der Waals surface area (Å²) >= 11 is 1.88. The van der Waals surface area contributed by atoms with Gasteiger partial charge in [0.2, 0.25) is 0 Å². The molecule has 1 aliphatic carbocycles. The van der Waals surface area contributed by atoms with Crippen molar-refractivity contribution < 1.29 is 30.0 Å². The molecule has 0 saturated heterocycles. The Labute approximate surface area is 320 Å². The van der Waals surface area contributed by atoms with E-state index in [1.807, 2.05) is 71.5 Å². The van der Waals surface area contributed by atoms with Gasteiger partial charge < -0.3 is 5.11 Å². The molecule has 0 amide bonds. The van der Waals surface area contributed by atoms with Crippen LogP contribution in [0.3, 0.4) is 0 Å². The molecule has 0 unspecified atom stereocenters. The second kappa shape index (κ2) is 16.2. The molecular weight excluding hydrogens is 825 g/mol. The zero-order valence-electron chi connectivity index (χ0n) is 30.5. The fourth-order valence-corrected chi connectivity index (χ4v) is 8.06. The van der Waals surface area contributed by atoms with Gasteiger partial charge in [-0.05, 0) is 67.2 Å². The Morgan fingerprint density at radius 3 is 2.24 bits per heavy atom. The third kappa shape index (κ3) is 7.51. The number of aliphatic hydroxyl groups excluding tert-OH is 1. The van der Waals surface area contributed by atoms with Crippen LogP contribution in [0.5, 0.6) is 0 Å². The van der Waals surface area contributed by atoms with Gasteiger partial charge in [-0.3, -0.25) is 14.8 Å². The number of aliphatic hydroxyl groups is 1. The van der Waals surface area contributed by atoms with E-state index in [1.54, 1.807) is 0 Å². The van der Waals surface area contributed by atoms with Crippen molar-refractivity contribution in [1.29, 1.82) is 0 Å². The summed E-state index contributed by atoms with van der Waals surface area (Å²) in [5.74, 6) is 0.286. The monoisotopic (exact) mass is 872 g/mol. The van der Waals surface area contributed by atoms with Crippen LogP contribution < -0.4 is 0 Å². The first-order chi connectivity index (χ1) is 24.2. The van der Waals surface area contributed by atoms with Crippen LogP contribution in [-0.2, 0) is 37.7 Å². The van der Waals surface area contributed by atoms with Crippen molar-refractivity contribution >= 4 is 38.0 Å². The van der Waals surface area contributed by atoms with Crippen LogP contribution in [0.1, 0.15) is 77.7 Å². The van der Waals surface area contributed by atoms with Crippen LogP contribution in [0, 0.1) is 16.9 Å². The molecule has 0 spiro atoms. The fourth-order valence-electron chi connectivity index (χ4n) is 6.75. The predicted octanol–water partition coefficient (Wildman–Crippen LogP) is 12.4. The smallest absolute Gasteiger partial charge is 0.164 e. The van der Waals surface area contributed by atoms with Crippen molar-refractivity contribution in [2.45, 2.75) is 80.1 Å². The number of carbonyl (C=O) groups excluding carboxylic acids is 1. The summed E-state index contributed by atoms with van der Waals surface area (Å²) in [5.41, 5.74) is 7.89. The maximum atomic E-state index is 12.2. The topological polar surface area (TPSA) is 63.1 Å². The summed E-state index contributed by atoms with van der Waals surface area (Å²) in [7, 11) is 0. The summed E-state index contributed by atoms with van der Waals surface area (Å²) in [6, 6.07) is 29.4. The second-order valence-corrected chi connectivity index (χ2v) is 15.0. The first kappa shape index (κ1) is 38.3. The van der Waals surface area contributed by atoms with E-state index in [-0.39, 0.29) is 42.5 Å². The van der Waals surface area contributed by atoms with Gasteiger partial charge in [0.25, 0.3) is 0 Å². The van der Waals surface area contributed by atoms with Gasteiger partial charge in [0.1, 0.15) is 5.76 Å². The van der Waals surface area contributed by atoms with Crippen LogP contribution in [0.15, 0.2) is 103 Å². The van der Waals surface area contributed by atoms with E-state index in [4.69, 9.17) is 4.98 Å². The number of rotatable bonds is 9. The van der Waals surface area contributed by atoms with Crippen molar-refractivity contribution in [2.75, 3.05) is 0 Å². The molecule has 4 nitrogen and oxygen atoms in total. The molecule has 0 fully saturated rings. The fraction of sp³-hybridized carbons (Fsp3) is 0.311. The number of aromatic nitrogens is 2. The van der Waals surface area contributed by atoms with E-state index >= 15 is 0 Å². The quantitative estimate of drug-likeness (QED) is 0.0893. The minimum absolute atomic E-state index is 0. The number of aryl methyl sites for hydroxylation is 2. The van der Waals surface area contributed by atoms with E-state index in [0.717, 1.165) is 55.2 Å². The minimum Gasteiger partial charge on any atom is -0.512 e. The van der Waals surface area contributed by atoms with E-state index in [9.17, 15) is 9.90 Å². The molecule has 51 heavy (non-hydrogen) atoms. The van der Waals surface area contributed by atoms with Gasteiger partial charge >= 0.3 is 0 Å². The molecule has 7 rings (SSSR count). The average molecular weight is 872 g/mol. The molecule has 1 aliphatic rings. The number of carbonyl (C=O) groups is 1. The molecule has 3 heterocycles. The summed E-state index contributed by atoms with van der Waals surface area (Å²) < 4.78 is 1.24. The van der Waals surface area contributed by atoms with Crippen molar-refractivity contribution in [3.8, 4) is 33.5 Å². The molecule has 1 N–H and O–H groups in total. The Kier molecular flexibility index (Phi) is 12.1. The van der Waals surface area contributed by atoms with E-state index in [1.165, 1.54) is 54.2 Å². The van der Waals surface area contributed by atoms with Crippen LogP contribution >= 0.6 is 11.3 Å². The Morgan fingerprint density at radius 1 is 0.843 bits per heavy atom. The number of ketones is 1. The van der Waals surface area contributed by atoms with Crippen LogP contribution in [0.25, 0.3) is 54.4 Å². The Balaban J connectivity index is 0.000000242. The molecule has 0 bridgehead atoms. The SMILES string of the molecule is CCC(C)(CC)C(=O)/C=C(\O)C(C)(CC)CC.[Ir].[c-]1c(-c2nccc3c4c(sc23)CCc2ccncc2-4)cc(-c2ccccc2)c2ccccc12. The zero-order chi connectivity index (χ0) is 35.5. The number of allylic oxidation sites excluding steroid dienone is 2. The summed E-state index contributed by atoms with van der Waals surface area (Å²) in [4.78, 5) is 22.9. The third-order valence-electron chi connectivity index (χ3n) is 11.2. The van der Waals surface area contributed by atoms with Crippen LogP contribution in [-0.4, -0.2) is 20.9 Å². The number of thiophene rings is 1. The van der Waals surface area contributed by atoms with Crippen molar-refractivity contribution in [2.24, 2.45) is 10.8 Å². The van der Waals surface area contributed by atoms with E-state index in [0.29, 0.717) is 0 Å². The van der Waals surface area contributed by atoms with Crippen LogP contribution in [0.4, 0.5) is 0 Å². The summed E-state index contributed by atoms with van der Waals surface area (Å²) in [5, 5.41) is 13.7. The molecule has 6 heteroatoms. The van der Waals surface area contributed by atoms with Crippen molar-refractivity contribution in [3.63, 3.8) is 0 Å². The zero-order valence-corrected chi connectivity index (χ0v) is 33.7. The maximum absolute atomic E-state index is 12.2. The second-order valence-electron chi connectivity index (χ2n) is 13.9.